The van der Waals surface area contributed by atoms with Crippen molar-refractivity contribution in [3.05, 3.63) is 88.5 Å². The number of piperidine rings is 1. The molecule has 11 nitrogen and oxygen atoms in total. The largest absolute Gasteiger partial charge is 0.495 e. The average Bonchev–Trinajstić information content (AvgIpc) is 3.68. The van der Waals surface area contributed by atoms with Gasteiger partial charge in [-0.05, 0) is 68.3 Å². The first-order chi connectivity index (χ1) is 23.6. The van der Waals surface area contributed by atoms with E-state index < -0.39 is 11.2 Å². The molecule has 3 fully saturated rings. The Kier molecular flexibility index (Phi) is 9.86. The fourth-order valence-corrected chi connectivity index (χ4v) is 7.30. The number of ether oxygens (including phenoxy) is 1. The zero-order valence-electron chi connectivity index (χ0n) is 28.3. The lowest BCUT2D eigenvalue weighted by atomic mass is 9.85. The molecule has 256 valence electrons. The van der Waals surface area contributed by atoms with Gasteiger partial charge in [0.2, 0.25) is 11.8 Å². The van der Waals surface area contributed by atoms with Crippen molar-refractivity contribution in [2.45, 2.75) is 38.5 Å². The van der Waals surface area contributed by atoms with Gasteiger partial charge in [-0.1, -0.05) is 30.3 Å². The first-order valence-electron chi connectivity index (χ1n) is 16.7. The van der Waals surface area contributed by atoms with E-state index in [1.54, 1.807) is 18.0 Å². The van der Waals surface area contributed by atoms with Gasteiger partial charge in [-0.2, -0.15) is 0 Å². The zero-order chi connectivity index (χ0) is 34.7. The minimum absolute atomic E-state index is 0.0379. The Bertz CT molecular complexity index is 1800. The number of likely N-dealkylation sites (tertiary alicyclic amines) is 2. The van der Waals surface area contributed by atoms with E-state index in [2.05, 4.69) is 32.0 Å². The summed E-state index contributed by atoms with van der Waals surface area (Å²) < 4.78 is 19.8. The molecule has 12 heteroatoms. The van der Waals surface area contributed by atoms with Gasteiger partial charge in [0.05, 0.1) is 31.0 Å². The van der Waals surface area contributed by atoms with E-state index in [9.17, 15) is 14.0 Å². The van der Waals surface area contributed by atoms with Crippen LogP contribution in [-0.4, -0.2) is 97.9 Å². The number of hydrogen-bond acceptors (Lipinski definition) is 7. The molecular formula is C37H43FN8O3. The van der Waals surface area contributed by atoms with E-state index in [4.69, 9.17) is 15.9 Å². The summed E-state index contributed by atoms with van der Waals surface area (Å²) in [5.41, 5.74) is 9.42. The van der Waals surface area contributed by atoms with Crippen LogP contribution in [0.15, 0.2) is 64.7 Å². The monoisotopic (exact) mass is 666 g/mol. The molecule has 0 unspecified atom stereocenters. The third-order valence-corrected chi connectivity index (χ3v) is 10.2. The molecule has 4 heterocycles. The van der Waals surface area contributed by atoms with Crippen LogP contribution in [0, 0.1) is 23.6 Å². The van der Waals surface area contributed by atoms with Crippen LogP contribution in [0.5, 0.6) is 5.75 Å². The molecule has 1 atom stereocenters. The van der Waals surface area contributed by atoms with Crippen LogP contribution >= 0.6 is 0 Å². The summed E-state index contributed by atoms with van der Waals surface area (Å²) >= 11 is 0. The highest BCUT2D eigenvalue weighted by Gasteiger charge is 2.51. The van der Waals surface area contributed by atoms with E-state index in [-0.39, 0.29) is 29.0 Å². The molecule has 2 amide bonds. The molecule has 49 heavy (non-hydrogen) atoms. The van der Waals surface area contributed by atoms with Crippen molar-refractivity contribution < 1.29 is 18.7 Å². The quantitative estimate of drug-likeness (QED) is 0.260. The highest BCUT2D eigenvalue weighted by atomic mass is 19.1. The lowest BCUT2D eigenvalue weighted by Crippen LogP contribution is -2.44. The third kappa shape index (κ3) is 6.96. The fourth-order valence-electron chi connectivity index (χ4n) is 7.30. The SMILES string of the molecule is CN=CN=C(N)c1ccc(C2CCN(C(=O)CN3CC[C@]4(CCN(c5ccc(C)c(C(=N)c6ncc(OC)cc6F)c5)C4=O)C3)CC2)cc1. The predicted molar refractivity (Wildman–Crippen MR) is 188 cm³/mol. The van der Waals surface area contributed by atoms with Crippen molar-refractivity contribution >= 4 is 35.4 Å². The minimum Gasteiger partial charge on any atom is -0.495 e. The Morgan fingerprint density at radius 1 is 1.12 bits per heavy atom. The second-order valence-corrected chi connectivity index (χ2v) is 13.2. The van der Waals surface area contributed by atoms with Crippen molar-refractivity contribution in [2.75, 3.05) is 58.3 Å². The second-order valence-electron chi connectivity index (χ2n) is 13.2. The highest BCUT2D eigenvalue weighted by Crippen LogP contribution is 2.43. The van der Waals surface area contributed by atoms with Crippen LogP contribution in [0.1, 0.15) is 59.5 Å². The maximum Gasteiger partial charge on any atom is 0.236 e. The topological polar surface area (TPSA) is 141 Å². The van der Waals surface area contributed by atoms with Gasteiger partial charge < -0.3 is 20.3 Å². The van der Waals surface area contributed by atoms with Gasteiger partial charge in [-0.3, -0.25) is 24.9 Å². The first kappa shape index (κ1) is 33.9. The zero-order valence-corrected chi connectivity index (χ0v) is 28.3. The number of nitrogens with one attached hydrogen (secondary N) is 1. The number of carbonyl (C=O) groups excluding carboxylic acids is 2. The van der Waals surface area contributed by atoms with Crippen LogP contribution in [0.25, 0.3) is 0 Å². The van der Waals surface area contributed by atoms with E-state index in [0.29, 0.717) is 75.1 Å². The molecule has 3 aliphatic rings. The Morgan fingerprint density at radius 3 is 2.55 bits per heavy atom. The smallest absolute Gasteiger partial charge is 0.236 e. The molecular weight excluding hydrogens is 623 g/mol. The van der Waals surface area contributed by atoms with E-state index in [1.807, 2.05) is 36.1 Å². The Labute approximate surface area is 286 Å². The lowest BCUT2D eigenvalue weighted by molar-refractivity contribution is -0.133. The molecule has 3 aliphatic heterocycles. The predicted octanol–water partition coefficient (Wildman–Crippen LogP) is 4.15. The van der Waals surface area contributed by atoms with Crippen LogP contribution in [-0.2, 0) is 9.59 Å². The maximum atomic E-state index is 14.8. The molecule has 3 N–H and O–H groups in total. The van der Waals surface area contributed by atoms with Crippen LogP contribution in [0.4, 0.5) is 10.1 Å². The minimum atomic E-state index is -0.642. The van der Waals surface area contributed by atoms with Crippen molar-refractivity contribution in [3.63, 3.8) is 0 Å². The molecule has 1 spiro atoms. The number of halogens is 1. The van der Waals surface area contributed by atoms with Crippen LogP contribution < -0.4 is 15.4 Å². The van der Waals surface area contributed by atoms with Crippen molar-refractivity contribution in [2.24, 2.45) is 21.1 Å². The number of hydrogen-bond donors (Lipinski definition) is 2. The number of nitrogens with zero attached hydrogens (tertiary/aromatic N) is 6. The number of amides is 2. The van der Waals surface area contributed by atoms with Gasteiger partial charge in [0.1, 0.15) is 23.6 Å². The number of anilines is 1. The number of carbonyl (C=O) groups is 2. The van der Waals surface area contributed by atoms with Crippen molar-refractivity contribution in [1.29, 1.82) is 5.41 Å². The van der Waals surface area contributed by atoms with Crippen LogP contribution in [0.3, 0.4) is 0 Å². The van der Waals surface area contributed by atoms with Gasteiger partial charge >= 0.3 is 0 Å². The highest BCUT2D eigenvalue weighted by molar-refractivity contribution is 6.12. The van der Waals surface area contributed by atoms with E-state index in [0.717, 1.165) is 24.0 Å². The Morgan fingerprint density at radius 2 is 1.86 bits per heavy atom. The fraction of sp³-hybridized carbons (Fsp3) is 0.405. The molecule has 0 saturated carbocycles. The molecule has 3 saturated heterocycles. The van der Waals surface area contributed by atoms with Gasteiger partial charge in [0, 0.05) is 56.1 Å². The molecule has 6 rings (SSSR count). The van der Waals surface area contributed by atoms with Gasteiger partial charge in [0.25, 0.3) is 0 Å². The van der Waals surface area contributed by atoms with Crippen molar-refractivity contribution in [1.82, 2.24) is 14.8 Å². The summed E-state index contributed by atoms with van der Waals surface area (Å²) in [7, 11) is 3.08. The number of rotatable bonds is 9. The number of aromatic nitrogens is 1. The van der Waals surface area contributed by atoms with E-state index in [1.165, 1.54) is 31.3 Å². The number of aliphatic imine (C=N–C) groups is 2. The summed E-state index contributed by atoms with van der Waals surface area (Å²) in [6.45, 7) is 5.35. The molecule has 0 bridgehead atoms. The number of amidine groups is 1. The Hall–Kier alpha value is -4.97. The second kappa shape index (κ2) is 14.3. The molecule has 0 radical (unpaired) electrons. The summed E-state index contributed by atoms with van der Waals surface area (Å²) in [5.74, 6) is 0.584. The third-order valence-electron chi connectivity index (χ3n) is 10.2. The number of methoxy groups -OCH3 is 1. The van der Waals surface area contributed by atoms with Gasteiger partial charge in [-0.15, -0.1) is 0 Å². The summed E-state index contributed by atoms with van der Waals surface area (Å²) in [6.07, 6.45) is 6.00. The normalized spacial score (nSPS) is 20.6. The van der Waals surface area contributed by atoms with Gasteiger partial charge in [0.15, 0.2) is 5.82 Å². The number of aryl methyl sites for hydroxylation is 1. The Balaban J connectivity index is 1.04. The number of pyridine rings is 1. The molecule has 2 aromatic carbocycles. The number of nitrogens with two attached hydrogens (primary N) is 1. The maximum absolute atomic E-state index is 14.8. The number of benzene rings is 2. The van der Waals surface area contributed by atoms with Crippen LogP contribution in [0.2, 0.25) is 0 Å². The van der Waals surface area contributed by atoms with Gasteiger partial charge in [-0.25, -0.2) is 14.4 Å². The van der Waals surface area contributed by atoms with Crippen molar-refractivity contribution in [3.8, 4) is 5.75 Å². The summed E-state index contributed by atoms with van der Waals surface area (Å²) in [4.78, 5) is 45.2. The standard InChI is InChI=1S/C37H43FN8O3/c1-24-4-9-28(18-30(24)33(39)34-31(38)19-29(49-3)20-42-34)46-17-13-37(36(46)48)12-16-44(22-37)21-32(47)45-14-10-26(11-15-45)25-5-7-27(8-6-25)35(40)43-23-41-2/h4-9,18-20,23,26,39H,10-17,21-22H2,1-3H3,(H2,40,41,43)/t37-/m0/s1. The summed E-state index contributed by atoms with van der Waals surface area (Å²) in [6, 6.07) is 14.9. The summed E-state index contributed by atoms with van der Waals surface area (Å²) in [5, 5.41) is 8.73. The van der Waals surface area contributed by atoms with E-state index >= 15 is 0 Å². The molecule has 1 aromatic heterocycles. The molecule has 0 aliphatic carbocycles. The average molecular weight is 667 g/mol. The molecule has 3 aromatic rings. The first-order valence-corrected chi connectivity index (χ1v) is 16.7. The lowest BCUT2D eigenvalue weighted by Gasteiger charge is -2.33.